The van der Waals surface area contributed by atoms with Crippen LogP contribution in [0.1, 0.15) is 45.8 Å². The molecule has 0 spiro atoms. The molecule has 1 amide bonds. The monoisotopic (exact) mass is 442 g/mol. The van der Waals surface area contributed by atoms with E-state index in [-0.39, 0.29) is 11.2 Å². The molecule has 0 saturated heterocycles. The third-order valence-electron chi connectivity index (χ3n) is 4.99. The fourth-order valence-corrected chi connectivity index (χ4v) is 5.17. The number of amides is 1. The molecule has 3 rings (SSSR count). The lowest BCUT2D eigenvalue weighted by Gasteiger charge is -2.13. The number of fused-ring (bicyclic) bond motifs is 1. The average molecular weight is 443 g/mol. The number of carbonyl (C=O) groups excluding carboxylic acids is 2. The lowest BCUT2D eigenvalue weighted by Crippen LogP contribution is -2.23. The number of carbonyl (C=O) groups is 2. The normalized spacial score (nSPS) is 12.1. The molecule has 30 heavy (non-hydrogen) atoms. The van der Waals surface area contributed by atoms with E-state index in [2.05, 4.69) is 18.3 Å². The van der Waals surface area contributed by atoms with Crippen molar-refractivity contribution < 1.29 is 14.3 Å². The Labute approximate surface area is 185 Å². The summed E-state index contributed by atoms with van der Waals surface area (Å²) in [6, 6.07) is 8.15. The Kier molecular flexibility index (Phi) is 6.83. The zero-order chi connectivity index (χ0) is 22.0. The van der Waals surface area contributed by atoms with Gasteiger partial charge in [0.25, 0.3) is 0 Å². The zero-order valence-corrected chi connectivity index (χ0v) is 19.7. The summed E-state index contributed by atoms with van der Waals surface area (Å²) in [6.07, 6.45) is 0. The van der Waals surface area contributed by atoms with Gasteiger partial charge in [0.05, 0.1) is 28.0 Å². The van der Waals surface area contributed by atoms with Gasteiger partial charge in [-0.2, -0.15) is 0 Å². The van der Waals surface area contributed by atoms with Gasteiger partial charge >= 0.3 is 5.97 Å². The first-order chi connectivity index (χ1) is 14.2. The molecule has 1 aromatic carbocycles. The number of hydrogen-bond acceptors (Lipinski definition) is 6. The van der Waals surface area contributed by atoms with Gasteiger partial charge in [-0.1, -0.05) is 30.0 Å². The largest absolute Gasteiger partial charge is 0.462 e. The van der Waals surface area contributed by atoms with Crippen LogP contribution in [0.3, 0.4) is 0 Å². The van der Waals surface area contributed by atoms with Crippen LogP contribution >= 0.6 is 23.1 Å². The molecular formula is C23H26N2O3S2. The number of aryl methyl sites for hydroxylation is 3. The van der Waals surface area contributed by atoms with Crippen LogP contribution in [-0.4, -0.2) is 28.7 Å². The van der Waals surface area contributed by atoms with Crippen LogP contribution in [0.15, 0.2) is 29.3 Å². The van der Waals surface area contributed by atoms with Crippen molar-refractivity contribution in [1.82, 2.24) is 4.98 Å². The number of ether oxygens (including phenoxy) is 1. The maximum atomic E-state index is 12.9. The second kappa shape index (κ2) is 9.18. The van der Waals surface area contributed by atoms with Gasteiger partial charge in [0, 0.05) is 10.3 Å². The summed E-state index contributed by atoms with van der Waals surface area (Å²) in [5.74, 6) is -0.576. The highest BCUT2D eigenvalue weighted by Gasteiger charge is 2.24. The van der Waals surface area contributed by atoms with Gasteiger partial charge in [0.2, 0.25) is 5.91 Å². The van der Waals surface area contributed by atoms with Crippen molar-refractivity contribution in [2.24, 2.45) is 0 Å². The van der Waals surface area contributed by atoms with Crippen LogP contribution in [0, 0.1) is 27.7 Å². The molecule has 158 valence electrons. The van der Waals surface area contributed by atoms with E-state index >= 15 is 0 Å². The molecule has 0 aliphatic rings. The minimum Gasteiger partial charge on any atom is -0.462 e. The number of esters is 1. The molecule has 5 nitrogen and oxygen atoms in total. The Balaban J connectivity index is 1.81. The Bertz CT molecular complexity index is 1120. The topological polar surface area (TPSA) is 68.3 Å². The molecule has 0 bridgehead atoms. The number of thiophene rings is 1. The summed E-state index contributed by atoms with van der Waals surface area (Å²) < 4.78 is 5.17. The van der Waals surface area contributed by atoms with Crippen molar-refractivity contribution in [2.75, 3.05) is 11.9 Å². The van der Waals surface area contributed by atoms with Crippen molar-refractivity contribution in [3.8, 4) is 0 Å². The molecule has 1 N–H and O–H groups in total. The summed E-state index contributed by atoms with van der Waals surface area (Å²) in [7, 11) is 0. The van der Waals surface area contributed by atoms with Crippen molar-refractivity contribution in [3.05, 3.63) is 51.4 Å². The first-order valence-electron chi connectivity index (χ1n) is 9.84. The molecule has 3 aromatic rings. The number of aromatic nitrogens is 1. The van der Waals surface area contributed by atoms with Crippen molar-refractivity contribution in [1.29, 1.82) is 0 Å². The highest BCUT2D eigenvalue weighted by Crippen LogP contribution is 2.34. The van der Waals surface area contributed by atoms with E-state index in [1.165, 1.54) is 23.1 Å². The van der Waals surface area contributed by atoms with Crippen LogP contribution in [-0.2, 0) is 9.53 Å². The highest BCUT2D eigenvalue weighted by molar-refractivity contribution is 8.00. The van der Waals surface area contributed by atoms with Crippen molar-refractivity contribution in [3.63, 3.8) is 0 Å². The summed E-state index contributed by atoms with van der Waals surface area (Å²) in [5, 5.41) is 5.02. The van der Waals surface area contributed by atoms with Gasteiger partial charge in [-0.25, -0.2) is 9.78 Å². The predicted octanol–water partition coefficient (Wildman–Crippen LogP) is 5.83. The summed E-state index contributed by atoms with van der Waals surface area (Å²) in [6.45, 7) is 11.8. The lowest BCUT2D eigenvalue weighted by molar-refractivity contribution is -0.115. The number of rotatable bonds is 6. The molecule has 0 radical (unpaired) electrons. The number of nitrogens with one attached hydrogen (secondary N) is 1. The van der Waals surface area contributed by atoms with E-state index in [0.717, 1.165) is 37.5 Å². The van der Waals surface area contributed by atoms with E-state index in [4.69, 9.17) is 9.72 Å². The van der Waals surface area contributed by atoms with Crippen molar-refractivity contribution >= 4 is 50.9 Å². The van der Waals surface area contributed by atoms with Crippen LogP contribution in [0.5, 0.6) is 0 Å². The number of hydrogen-bond donors (Lipinski definition) is 1. The average Bonchev–Trinajstić information content (AvgIpc) is 2.96. The first kappa shape index (κ1) is 22.3. The first-order valence-corrected chi connectivity index (χ1v) is 11.5. The number of benzene rings is 1. The Morgan fingerprint density at radius 3 is 2.63 bits per heavy atom. The molecule has 2 aromatic heterocycles. The van der Waals surface area contributed by atoms with E-state index in [1.807, 2.05) is 45.9 Å². The Morgan fingerprint density at radius 2 is 1.93 bits per heavy atom. The molecule has 7 heteroatoms. The highest BCUT2D eigenvalue weighted by atomic mass is 32.2. The van der Waals surface area contributed by atoms with Crippen molar-refractivity contribution in [2.45, 2.75) is 51.8 Å². The molecular weight excluding hydrogens is 416 g/mol. The fraction of sp³-hybridized carbons (Fsp3) is 0.348. The molecule has 1 unspecified atom stereocenters. The standard InChI is InChI=1S/C23H26N2O3S2/c1-7-28-23(27)19-14(4)15(5)30-22(19)25-21(26)16(6)29-18-11-13(3)17-10-8-9-12(2)20(17)24-18/h8-11,16H,7H2,1-6H3,(H,25,26). The SMILES string of the molecule is CCOC(=O)c1c(NC(=O)C(C)Sc2cc(C)c3cccc(C)c3n2)sc(C)c1C. The quantitative estimate of drug-likeness (QED) is 0.384. The van der Waals surface area contributed by atoms with Gasteiger partial charge < -0.3 is 10.1 Å². The summed E-state index contributed by atoms with van der Waals surface area (Å²) >= 11 is 2.81. The van der Waals surface area contributed by atoms with Crippen LogP contribution in [0.4, 0.5) is 5.00 Å². The molecule has 0 aliphatic carbocycles. The minimum absolute atomic E-state index is 0.170. The number of para-hydroxylation sites is 1. The van der Waals surface area contributed by atoms with E-state index in [1.54, 1.807) is 6.92 Å². The minimum atomic E-state index is -0.405. The number of anilines is 1. The summed E-state index contributed by atoms with van der Waals surface area (Å²) in [4.78, 5) is 31.0. The van der Waals surface area contributed by atoms with Gasteiger partial charge in [0.15, 0.2) is 0 Å². The second-order valence-electron chi connectivity index (χ2n) is 7.21. The molecule has 0 saturated carbocycles. The van der Waals surface area contributed by atoms with Crippen LogP contribution < -0.4 is 5.32 Å². The van der Waals surface area contributed by atoms with Crippen LogP contribution in [0.2, 0.25) is 0 Å². The third kappa shape index (κ3) is 4.52. The molecule has 2 heterocycles. The maximum Gasteiger partial charge on any atom is 0.341 e. The third-order valence-corrected chi connectivity index (χ3v) is 7.13. The number of pyridine rings is 1. The van der Waals surface area contributed by atoms with E-state index in [9.17, 15) is 9.59 Å². The number of nitrogens with zero attached hydrogens (tertiary/aromatic N) is 1. The summed E-state index contributed by atoms with van der Waals surface area (Å²) in [5.41, 5.74) is 4.49. The van der Waals surface area contributed by atoms with E-state index in [0.29, 0.717) is 17.2 Å². The smallest absolute Gasteiger partial charge is 0.341 e. The maximum absolute atomic E-state index is 12.9. The zero-order valence-electron chi connectivity index (χ0n) is 18.1. The van der Waals surface area contributed by atoms with Crippen LogP contribution in [0.25, 0.3) is 10.9 Å². The van der Waals surface area contributed by atoms with Gasteiger partial charge in [-0.15, -0.1) is 11.3 Å². The van der Waals surface area contributed by atoms with Gasteiger partial charge in [0.1, 0.15) is 5.00 Å². The fourth-order valence-electron chi connectivity index (χ4n) is 3.20. The van der Waals surface area contributed by atoms with Gasteiger partial charge in [-0.3, -0.25) is 4.79 Å². The molecule has 0 fully saturated rings. The van der Waals surface area contributed by atoms with Gasteiger partial charge in [-0.05, 0) is 64.3 Å². The second-order valence-corrected chi connectivity index (χ2v) is 9.79. The Hall–Kier alpha value is -2.38. The molecule has 0 aliphatic heterocycles. The van der Waals surface area contributed by atoms with E-state index < -0.39 is 5.97 Å². The number of thioether (sulfide) groups is 1. The molecule has 1 atom stereocenters. The predicted molar refractivity (Wildman–Crippen MR) is 125 cm³/mol. The lowest BCUT2D eigenvalue weighted by atomic mass is 10.1. The Morgan fingerprint density at radius 1 is 1.20 bits per heavy atom.